The Morgan fingerprint density at radius 1 is 1.22 bits per heavy atom. The summed E-state index contributed by atoms with van der Waals surface area (Å²) >= 11 is 1.39. The largest absolute Gasteiger partial charge is 0.379 e. The molecular formula is C17H24N6O3S. The van der Waals surface area contributed by atoms with Crippen LogP contribution in [-0.4, -0.2) is 77.9 Å². The number of ether oxygens (including phenoxy) is 1. The van der Waals surface area contributed by atoms with Crippen molar-refractivity contribution in [3.8, 4) is 0 Å². The molecule has 2 aliphatic heterocycles. The predicted octanol–water partition coefficient (Wildman–Crippen LogP) is 0.203. The number of hydrogen-bond donors (Lipinski definition) is 1. The van der Waals surface area contributed by atoms with Crippen molar-refractivity contribution in [2.75, 3.05) is 57.4 Å². The second-order valence-corrected chi connectivity index (χ2v) is 7.75. The summed E-state index contributed by atoms with van der Waals surface area (Å²) < 4.78 is 6.57. The van der Waals surface area contributed by atoms with E-state index in [-0.39, 0.29) is 11.5 Å². The zero-order chi connectivity index (χ0) is 18.6. The summed E-state index contributed by atoms with van der Waals surface area (Å²) in [6.45, 7) is 6.72. The number of carbonyl (C=O) groups excluding carboxylic acids is 1. The van der Waals surface area contributed by atoms with E-state index < -0.39 is 5.56 Å². The monoisotopic (exact) mass is 392 g/mol. The Bertz CT molecular complexity index is 854. The molecule has 0 aliphatic carbocycles. The van der Waals surface area contributed by atoms with Gasteiger partial charge in [-0.15, -0.1) is 5.10 Å². The molecule has 0 spiro atoms. The Labute approximate surface area is 160 Å². The first-order chi connectivity index (χ1) is 13.2. The fraction of sp³-hybridized carbons (Fsp3) is 0.647. The highest BCUT2D eigenvalue weighted by molar-refractivity contribution is 7.20. The zero-order valence-corrected chi connectivity index (χ0v) is 16.0. The molecule has 0 unspecified atom stereocenters. The summed E-state index contributed by atoms with van der Waals surface area (Å²) in [5.74, 6) is -0.389. The third-order valence-corrected chi connectivity index (χ3v) is 5.92. The first-order valence-corrected chi connectivity index (χ1v) is 10.3. The summed E-state index contributed by atoms with van der Waals surface area (Å²) in [7, 11) is 0. The van der Waals surface area contributed by atoms with Gasteiger partial charge >= 0.3 is 0 Å². The maximum absolute atomic E-state index is 12.6. The number of amides is 1. The van der Waals surface area contributed by atoms with Crippen LogP contribution >= 0.6 is 11.3 Å². The molecule has 1 N–H and O–H groups in total. The van der Waals surface area contributed by atoms with Gasteiger partial charge in [0.25, 0.3) is 11.5 Å². The fourth-order valence-corrected chi connectivity index (χ4v) is 4.31. The molecule has 27 heavy (non-hydrogen) atoms. The number of carbonyl (C=O) groups is 1. The lowest BCUT2D eigenvalue weighted by Crippen LogP contribution is -2.38. The van der Waals surface area contributed by atoms with E-state index >= 15 is 0 Å². The standard InChI is InChI=1S/C17H24N6O3S/c24-14(18-4-3-5-21-8-10-26-11-9-21)13-12-19-16-23(15(13)25)20-17(27-16)22-6-1-2-7-22/h12H,1-11H2,(H,18,24). The van der Waals surface area contributed by atoms with E-state index in [0.717, 1.165) is 70.3 Å². The van der Waals surface area contributed by atoms with Gasteiger partial charge in [0.15, 0.2) is 0 Å². The van der Waals surface area contributed by atoms with Gasteiger partial charge in [-0.25, -0.2) is 4.98 Å². The Kier molecular flexibility index (Phi) is 5.65. The molecule has 2 fully saturated rings. The van der Waals surface area contributed by atoms with E-state index in [1.165, 1.54) is 22.0 Å². The van der Waals surface area contributed by atoms with Crippen LogP contribution < -0.4 is 15.8 Å². The molecule has 2 aliphatic rings. The van der Waals surface area contributed by atoms with Gasteiger partial charge in [-0.2, -0.15) is 4.52 Å². The zero-order valence-electron chi connectivity index (χ0n) is 15.2. The van der Waals surface area contributed by atoms with Crippen molar-refractivity contribution in [3.05, 3.63) is 22.1 Å². The quantitative estimate of drug-likeness (QED) is 0.702. The number of fused-ring (bicyclic) bond motifs is 1. The fourth-order valence-electron chi connectivity index (χ4n) is 3.39. The molecule has 0 aromatic carbocycles. The first-order valence-electron chi connectivity index (χ1n) is 9.44. The second kappa shape index (κ2) is 8.32. The van der Waals surface area contributed by atoms with Crippen molar-refractivity contribution in [3.63, 3.8) is 0 Å². The van der Waals surface area contributed by atoms with Gasteiger partial charge < -0.3 is 15.0 Å². The van der Waals surface area contributed by atoms with Crippen LogP contribution in [0.4, 0.5) is 5.13 Å². The van der Waals surface area contributed by atoms with Gasteiger partial charge in [-0.05, 0) is 25.8 Å². The molecule has 146 valence electrons. The molecule has 0 radical (unpaired) electrons. The maximum atomic E-state index is 12.6. The Hall–Kier alpha value is -2.04. The summed E-state index contributed by atoms with van der Waals surface area (Å²) in [6, 6.07) is 0. The minimum absolute atomic E-state index is 0.0390. The number of nitrogens with zero attached hydrogens (tertiary/aromatic N) is 5. The molecule has 0 saturated carbocycles. The maximum Gasteiger partial charge on any atom is 0.288 e. The number of nitrogens with one attached hydrogen (secondary N) is 1. The third-order valence-electron chi connectivity index (χ3n) is 4.94. The van der Waals surface area contributed by atoms with Crippen LogP contribution in [0, 0.1) is 0 Å². The highest BCUT2D eigenvalue weighted by atomic mass is 32.1. The average molecular weight is 392 g/mol. The normalized spacial score (nSPS) is 18.3. The topological polar surface area (TPSA) is 92.1 Å². The summed E-state index contributed by atoms with van der Waals surface area (Å²) in [6.07, 6.45) is 4.46. The average Bonchev–Trinajstić information content (AvgIpc) is 3.36. The first kappa shape index (κ1) is 18.3. The molecule has 4 rings (SSSR count). The lowest BCUT2D eigenvalue weighted by Gasteiger charge is -2.26. The minimum Gasteiger partial charge on any atom is -0.379 e. The van der Waals surface area contributed by atoms with Crippen LogP contribution in [0.15, 0.2) is 11.0 Å². The molecule has 0 atom stereocenters. The van der Waals surface area contributed by atoms with Crippen LogP contribution in [0.25, 0.3) is 4.96 Å². The predicted molar refractivity (Wildman–Crippen MR) is 103 cm³/mol. The van der Waals surface area contributed by atoms with E-state index in [1.54, 1.807) is 0 Å². The van der Waals surface area contributed by atoms with E-state index in [9.17, 15) is 9.59 Å². The number of rotatable bonds is 6. The van der Waals surface area contributed by atoms with Gasteiger partial charge in [0.05, 0.1) is 13.2 Å². The summed E-state index contributed by atoms with van der Waals surface area (Å²) in [5.41, 5.74) is -0.371. The lowest BCUT2D eigenvalue weighted by molar-refractivity contribution is 0.0374. The van der Waals surface area contributed by atoms with Gasteiger partial charge in [0, 0.05) is 38.9 Å². The molecule has 4 heterocycles. The van der Waals surface area contributed by atoms with Crippen LogP contribution in [0.1, 0.15) is 29.6 Å². The second-order valence-electron chi connectivity index (χ2n) is 6.81. The van der Waals surface area contributed by atoms with Crippen LogP contribution in [0.2, 0.25) is 0 Å². The van der Waals surface area contributed by atoms with Gasteiger partial charge in [-0.1, -0.05) is 11.3 Å². The van der Waals surface area contributed by atoms with Crippen molar-refractivity contribution in [1.82, 2.24) is 24.8 Å². The van der Waals surface area contributed by atoms with E-state index in [2.05, 4.69) is 25.2 Å². The minimum atomic E-state index is -0.410. The Morgan fingerprint density at radius 2 is 2.00 bits per heavy atom. The summed E-state index contributed by atoms with van der Waals surface area (Å²) in [5, 5.41) is 8.00. The number of morpholine rings is 1. The molecule has 1 amide bonds. The third kappa shape index (κ3) is 4.12. The SMILES string of the molecule is O=C(NCCCN1CCOCC1)c1cnc2sc(N3CCCC3)nn2c1=O. The molecule has 9 nitrogen and oxygen atoms in total. The molecule has 2 aromatic rings. The highest BCUT2D eigenvalue weighted by Crippen LogP contribution is 2.24. The molecule has 10 heteroatoms. The van der Waals surface area contributed by atoms with Gasteiger partial charge in [0.2, 0.25) is 10.1 Å². The lowest BCUT2D eigenvalue weighted by atomic mass is 10.3. The van der Waals surface area contributed by atoms with Gasteiger partial charge in [-0.3, -0.25) is 14.5 Å². The number of aromatic nitrogens is 3. The van der Waals surface area contributed by atoms with Crippen molar-refractivity contribution in [2.45, 2.75) is 19.3 Å². The van der Waals surface area contributed by atoms with Crippen molar-refractivity contribution in [2.24, 2.45) is 0 Å². The summed E-state index contributed by atoms with van der Waals surface area (Å²) in [4.78, 5) is 34.3. The van der Waals surface area contributed by atoms with Crippen molar-refractivity contribution in [1.29, 1.82) is 0 Å². The van der Waals surface area contributed by atoms with Crippen LogP contribution in [-0.2, 0) is 4.74 Å². The molecule has 2 aromatic heterocycles. The van der Waals surface area contributed by atoms with E-state index in [4.69, 9.17) is 4.74 Å². The van der Waals surface area contributed by atoms with E-state index in [0.29, 0.717) is 11.5 Å². The van der Waals surface area contributed by atoms with Crippen molar-refractivity contribution >= 4 is 27.3 Å². The Morgan fingerprint density at radius 3 is 2.78 bits per heavy atom. The van der Waals surface area contributed by atoms with E-state index in [1.807, 2.05) is 0 Å². The van der Waals surface area contributed by atoms with Gasteiger partial charge in [0.1, 0.15) is 5.56 Å². The highest BCUT2D eigenvalue weighted by Gasteiger charge is 2.20. The molecule has 2 saturated heterocycles. The van der Waals surface area contributed by atoms with Crippen LogP contribution in [0.5, 0.6) is 0 Å². The molecular weight excluding hydrogens is 368 g/mol. The van der Waals surface area contributed by atoms with Crippen LogP contribution in [0.3, 0.4) is 0 Å². The number of anilines is 1. The molecule has 0 bridgehead atoms. The smallest absolute Gasteiger partial charge is 0.288 e. The number of hydrogen-bond acceptors (Lipinski definition) is 8. The van der Waals surface area contributed by atoms with Crippen molar-refractivity contribution < 1.29 is 9.53 Å². The Balaban J connectivity index is 1.37.